The maximum atomic E-state index is 10.2. The first-order chi connectivity index (χ1) is 6.09. The zero-order valence-electron chi connectivity index (χ0n) is 8.42. The molecule has 78 valence electrons. The molecular formula is C9H20N2O2. The summed E-state index contributed by atoms with van der Waals surface area (Å²) < 4.78 is 5.50. The minimum absolute atomic E-state index is 0.0531. The molecule has 3 unspecified atom stereocenters. The third kappa shape index (κ3) is 2.40. The second-order valence-electron chi connectivity index (χ2n) is 3.93. The van der Waals surface area contributed by atoms with Gasteiger partial charge in [-0.2, -0.15) is 0 Å². The summed E-state index contributed by atoms with van der Waals surface area (Å²) in [6.45, 7) is 6.45. The van der Waals surface area contributed by atoms with E-state index >= 15 is 0 Å². The molecule has 0 amide bonds. The van der Waals surface area contributed by atoms with E-state index in [2.05, 4.69) is 5.32 Å². The van der Waals surface area contributed by atoms with Crippen molar-refractivity contribution >= 4 is 0 Å². The van der Waals surface area contributed by atoms with Crippen molar-refractivity contribution in [2.45, 2.75) is 25.6 Å². The molecule has 1 aliphatic heterocycles. The highest BCUT2D eigenvalue weighted by molar-refractivity contribution is 4.91. The van der Waals surface area contributed by atoms with Crippen molar-refractivity contribution in [1.29, 1.82) is 0 Å². The van der Waals surface area contributed by atoms with E-state index in [0.717, 1.165) is 6.54 Å². The maximum Gasteiger partial charge on any atom is 0.0986 e. The van der Waals surface area contributed by atoms with E-state index in [1.807, 2.05) is 6.92 Å². The van der Waals surface area contributed by atoms with E-state index in [4.69, 9.17) is 10.5 Å². The van der Waals surface area contributed by atoms with Crippen molar-refractivity contribution in [2.24, 2.45) is 11.7 Å². The number of rotatable bonds is 3. The zero-order valence-corrected chi connectivity index (χ0v) is 8.42. The quantitative estimate of drug-likeness (QED) is 0.549. The number of morpholine rings is 1. The lowest BCUT2D eigenvalue weighted by atomic mass is 9.85. The highest BCUT2D eigenvalue weighted by Crippen LogP contribution is 2.23. The van der Waals surface area contributed by atoms with E-state index < -0.39 is 5.60 Å². The minimum atomic E-state index is -0.831. The van der Waals surface area contributed by atoms with Gasteiger partial charge in [0.1, 0.15) is 0 Å². The first-order valence-corrected chi connectivity index (χ1v) is 4.83. The number of hydrogen-bond donors (Lipinski definition) is 3. The van der Waals surface area contributed by atoms with E-state index in [1.54, 1.807) is 6.92 Å². The summed E-state index contributed by atoms with van der Waals surface area (Å²) in [5.41, 5.74) is 4.70. The van der Waals surface area contributed by atoms with Gasteiger partial charge < -0.3 is 20.9 Å². The van der Waals surface area contributed by atoms with Gasteiger partial charge in [-0.05, 0) is 19.4 Å². The first-order valence-electron chi connectivity index (χ1n) is 4.83. The molecular weight excluding hydrogens is 168 g/mol. The average molecular weight is 188 g/mol. The molecule has 0 aromatic rings. The smallest absolute Gasteiger partial charge is 0.0986 e. The molecule has 1 heterocycles. The summed E-state index contributed by atoms with van der Waals surface area (Å²) in [5, 5.41) is 13.4. The first kappa shape index (κ1) is 10.9. The molecule has 1 saturated heterocycles. The lowest BCUT2D eigenvalue weighted by Crippen LogP contribution is -2.56. The molecule has 0 saturated carbocycles. The van der Waals surface area contributed by atoms with Crippen molar-refractivity contribution < 1.29 is 9.84 Å². The van der Waals surface area contributed by atoms with Gasteiger partial charge in [0, 0.05) is 13.1 Å². The van der Waals surface area contributed by atoms with Crippen LogP contribution in [0.1, 0.15) is 13.8 Å². The van der Waals surface area contributed by atoms with Crippen LogP contribution in [0.5, 0.6) is 0 Å². The fraction of sp³-hybridized carbons (Fsp3) is 1.00. The Balaban J connectivity index is 2.55. The fourth-order valence-corrected chi connectivity index (χ4v) is 1.50. The fourth-order valence-electron chi connectivity index (χ4n) is 1.50. The van der Waals surface area contributed by atoms with Crippen molar-refractivity contribution in [3.05, 3.63) is 0 Å². The Bertz CT molecular complexity index is 156. The topological polar surface area (TPSA) is 67.5 Å². The van der Waals surface area contributed by atoms with Crippen LogP contribution in [0.25, 0.3) is 0 Å². The highest BCUT2D eigenvalue weighted by Gasteiger charge is 2.38. The number of aliphatic hydroxyl groups is 1. The van der Waals surface area contributed by atoms with Gasteiger partial charge in [0.2, 0.25) is 0 Å². The van der Waals surface area contributed by atoms with Gasteiger partial charge >= 0.3 is 0 Å². The predicted molar refractivity (Wildman–Crippen MR) is 51.5 cm³/mol. The van der Waals surface area contributed by atoms with Crippen LogP contribution in [0.2, 0.25) is 0 Å². The predicted octanol–water partition coefficient (Wildman–Crippen LogP) is -0.679. The van der Waals surface area contributed by atoms with Crippen LogP contribution < -0.4 is 11.1 Å². The Labute approximate surface area is 79.5 Å². The largest absolute Gasteiger partial charge is 0.387 e. The third-order valence-electron chi connectivity index (χ3n) is 2.93. The molecule has 1 aliphatic rings. The highest BCUT2D eigenvalue weighted by atomic mass is 16.5. The molecule has 0 aliphatic carbocycles. The molecule has 4 N–H and O–H groups in total. The number of nitrogens with one attached hydrogen (secondary N) is 1. The minimum Gasteiger partial charge on any atom is -0.387 e. The van der Waals surface area contributed by atoms with Crippen LogP contribution in [0, 0.1) is 5.92 Å². The zero-order chi connectivity index (χ0) is 9.90. The Hall–Kier alpha value is -0.160. The van der Waals surface area contributed by atoms with Gasteiger partial charge in [0.05, 0.1) is 18.3 Å². The van der Waals surface area contributed by atoms with Crippen LogP contribution in [0.15, 0.2) is 0 Å². The van der Waals surface area contributed by atoms with Gasteiger partial charge in [-0.15, -0.1) is 0 Å². The van der Waals surface area contributed by atoms with Gasteiger partial charge in [0.25, 0.3) is 0 Å². The van der Waals surface area contributed by atoms with E-state index in [9.17, 15) is 5.11 Å². The van der Waals surface area contributed by atoms with Crippen LogP contribution >= 0.6 is 0 Å². The number of ether oxygens (including phenoxy) is 1. The van der Waals surface area contributed by atoms with E-state index in [0.29, 0.717) is 19.7 Å². The molecule has 1 rings (SSSR count). The molecule has 4 nitrogen and oxygen atoms in total. The Morgan fingerprint density at radius 3 is 2.92 bits per heavy atom. The van der Waals surface area contributed by atoms with Gasteiger partial charge in [-0.3, -0.25) is 0 Å². The second kappa shape index (κ2) is 4.37. The molecule has 13 heavy (non-hydrogen) atoms. The van der Waals surface area contributed by atoms with Crippen molar-refractivity contribution in [3.8, 4) is 0 Å². The van der Waals surface area contributed by atoms with Crippen molar-refractivity contribution in [2.75, 3.05) is 26.2 Å². The van der Waals surface area contributed by atoms with E-state index in [-0.39, 0.29) is 12.0 Å². The maximum absolute atomic E-state index is 10.2. The standard InChI is InChI=1S/C9H20N2O2/c1-7(5-10)9(2,12)8-6-11-3-4-13-8/h7-8,11-12H,3-6,10H2,1-2H3. The van der Waals surface area contributed by atoms with Crippen molar-refractivity contribution in [1.82, 2.24) is 5.32 Å². The summed E-state index contributed by atoms with van der Waals surface area (Å²) in [7, 11) is 0. The SMILES string of the molecule is CC(CN)C(C)(O)C1CNCCO1. The number of hydrogen-bond acceptors (Lipinski definition) is 4. The molecule has 0 bridgehead atoms. The van der Waals surface area contributed by atoms with Crippen LogP contribution in [0.3, 0.4) is 0 Å². The molecule has 0 radical (unpaired) electrons. The summed E-state index contributed by atoms with van der Waals surface area (Å²) in [6.07, 6.45) is -0.139. The Morgan fingerprint density at radius 1 is 1.77 bits per heavy atom. The molecule has 0 aromatic heterocycles. The average Bonchev–Trinajstić information content (AvgIpc) is 2.18. The number of nitrogens with two attached hydrogens (primary N) is 1. The molecule has 0 spiro atoms. The summed E-state index contributed by atoms with van der Waals surface area (Å²) in [5.74, 6) is 0.0531. The molecule has 0 aromatic carbocycles. The summed E-state index contributed by atoms with van der Waals surface area (Å²) in [4.78, 5) is 0. The van der Waals surface area contributed by atoms with Crippen LogP contribution in [-0.4, -0.2) is 43.1 Å². The summed E-state index contributed by atoms with van der Waals surface area (Å²) in [6, 6.07) is 0. The third-order valence-corrected chi connectivity index (χ3v) is 2.93. The monoisotopic (exact) mass is 188 g/mol. The Kier molecular flexibility index (Phi) is 3.67. The second-order valence-corrected chi connectivity index (χ2v) is 3.93. The normalized spacial score (nSPS) is 30.9. The van der Waals surface area contributed by atoms with Crippen molar-refractivity contribution in [3.63, 3.8) is 0 Å². The van der Waals surface area contributed by atoms with Crippen LogP contribution in [0.4, 0.5) is 0 Å². The van der Waals surface area contributed by atoms with Gasteiger partial charge in [0.15, 0.2) is 0 Å². The van der Waals surface area contributed by atoms with Crippen LogP contribution in [-0.2, 0) is 4.74 Å². The Morgan fingerprint density at radius 2 is 2.46 bits per heavy atom. The van der Waals surface area contributed by atoms with Gasteiger partial charge in [-0.1, -0.05) is 6.92 Å². The molecule has 3 atom stereocenters. The summed E-state index contributed by atoms with van der Waals surface area (Å²) >= 11 is 0. The lowest BCUT2D eigenvalue weighted by molar-refractivity contribution is -0.133. The van der Waals surface area contributed by atoms with E-state index in [1.165, 1.54) is 0 Å². The van der Waals surface area contributed by atoms with Gasteiger partial charge in [-0.25, -0.2) is 0 Å². The molecule has 4 heteroatoms. The lowest BCUT2D eigenvalue weighted by Gasteiger charge is -2.39. The molecule has 1 fully saturated rings.